The van der Waals surface area contributed by atoms with Crippen molar-refractivity contribution in [3.8, 4) is 0 Å². The minimum Gasteiger partial charge on any atom is -0.354 e. The van der Waals surface area contributed by atoms with Crippen LogP contribution >= 0.6 is 24.0 Å². The summed E-state index contributed by atoms with van der Waals surface area (Å²) in [5.74, 6) is 0.684. The van der Waals surface area contributed by atoms with E-state index in [9.17, 15) is 4.39 Å². The van der Waals surface area contributed by atoms with E-state index in [0.717, 1.165) is 31.2 Å². The lowest BCUT2D eigenvalue weighted by atomic mass is 9.84. The van der Waals surface area contributed by atoms with Crippen molar-refractivity contribution in [1.29, 1.82) is 0 Å². The highest BCUT2D eigenvalue weighted by atomic mass is 127. The number of halogens is 2. The molecule has 0 aromatic heterocycles. The van der Waals surface area contributed by atoms with Gasteiger partial charge in [0.05, 0.1) is 0 Å². The third kappa shape index (κ3) is 6.52. The summed E-state index contributed by atoms with van der Waals surface area (Å²) in [7, 11) is 6.06. The highest BCUT2D eigenvalue weighted by Crippen LogP contribution is 2.31. The van der Waals surface area contributed by atoms with Crippen molar-refractivity contribution in [3.63, 3.8) is 0 Å². The highest BCUT2D eigenvalue weighted by molar-refractivity contribution is 14.0. The molecule has 0 atom stereocenters. The van der Waals surface area contributed by atoms with Crippen LogP contribution in [-0.4, -0.2) is 80.1 Å². The molecule has 0 radical (unpaired) electrons. The summed E-state index contributed by atoms with van der Waals surface area (Å²) in [6, 6.07) is 6.80. The van der Waals surface area contributed by atoms with Gasteiger partial charge in [0.2, 0.25) is 0 Å². The maximum absolute atomic E-state index is 13.5. The third-order valence-electron chi connectivity index (χ3n) is 6.40. The molecule has 0 aliphatic carbocycles. The third-order valence-corrected chi connectivity index (χ3v) is 6.40. The van der Waals surface area contributed by atoms with Crippen molar-refractivity contribution < 1.29 is 4.39 Å². The summed E-state index contributed by atoms with van der Waals surface area (Å²) in [5, 5.41) is 3.65. The van der Waals surface area contributed by atoms with E-state index >= 15 is 0 Å². The second-order valence-corrected chi connectivity index (χ2v) is 8.46. The molecule has 164 valence electrons. The number of benzene rings is 1. The first-order valence-corrected chi connectivity index (χ1v) is 10.6. The van der Waals surface area contributed by atoms with Gasteiger partial charge in [0.1, 0.15) is 5.82 Å². The molecule has 0 amide bonds. The molecule has 1 aromatic carbocycles. The second kappa shape index (κ2) is 11.5. The van der Waals surface area contributed by atoms with Crippen LogP contribution in [0.2, 0.25) is 0 Å². The van der Waals surface area contributed by atoms with Gasteiger partial charge in [-0.05, 0) is 76.6 Å². The minimum absolute atomic E-state index is 0. The number of aliphatic imine (C=N–C) groups is 1. The van der Waals surface area contributed by atoms with Gasteiger partial charge in [-0.15, -0.1) is 24.0 Å². The molecule has 2 heterocycles. The zero-order valence-corrected chi connectivity index (χ0v) is 20.5. The average Bonchev–Trinajstić information content (AvgIpc) is 2.71. The van der Waals surface area contributed by atoms with Crippen LogP contribution in [0.25, 0.3) is 0 Å². The first-order chi connectivity index (χ1) is 13.5. The Kier molecular flexibility index (Phi) is 9.62. The molecule has 5 nitrogen and oxygen atoms in total. The molecule has 2 aliphatic rings. The Labute approximate surface area is 192 Å². The number of rotatable bonds is 5. The van der Waals surface area contributed by atoms with Gasteiger partial charge in [0.25, 0.3) is 0 Å². The largest absolute Gasteiger partial charge is 0.354 e. The topological polar surface area (TPSA) is 34.1 Å². The van der Waals surface area contributed by atoms with Crippen LogP contribution in [0.5, 0.6) is 0 Å². The van der Waals surface area contributed by atoms with E-state index in [1.807, 2.05) is 20.2 Å². The molecule has 0 spiro atoms. The van der Waals surface area contributed by atoms with Crippen molar-refractivity contribution in [3.05, 3.63) is 35.6 Å². The number of hydrogen-bond donors (Lipinski definition) is 1. The van der Waals surface area contributed by atoms with Gasteiger partial charge in [0.15, 0.2) is 5.96 Å². The van der Waals surface area contributed by atoms with Gasteiger partial charge in [-0.1, -0.05) is 18.6 Å². The Morgan fingerprint density at radius 1 is 1.17 bits per heavy atom. The molecule has 0 bridgehead atoms. The Hall–Kier alpha value is -0.930. The molecule has 0 saturated carbocycles. The Bertz CT molecular complexity index is 654. The molecule has 7 heteroatoms. The zero-order chi connectivity index (χ0) is 20.0. The number of nitrogens with zero attached hydrogens (tertiary/aromatic N) is 4. The molecule has 2 aliphatic heterocycles. The van der Waals surface area contributed by atoms with Crippen LogP contribution in [-0.2, 0) is 6.54 Å². The quantitative estimate of drug-likeness (QED) is 0.369. The molecular formula is C22H37FIN5. The van der Waals surface area contributed by atoms with Crippen LogP contribution in [0.1, 0.15) is 37.7 Å². The summed E-state index contributed by atoms with van der Waals surface area (Å²) in [6.45, 7) is 6.27. The normalized spacial score (nSPS) is 20.8. The summed E-state index contributed by atoms with van der Waals surface area (Å²) in [6.07, 6.45) is 6.37. The first-order valence-electron chi connectivity index (χ1n) is 10.6. The van der Waals surface area contributed by atoms with E-state index in [1.165, 1.54) is 51.3 Å². The monoisotopic (exact) mass is 517 g/mol. The van der Waals surface area contributed by atoms with Gasteiger partial charge in [-0.2, -0.15) is 0 Å². The number of likely N-dealkylation sites (tertiary alicyclic amines) is 2. The summed E-state index contributed by atoms with van der Waals surface area (Å²) in [5.41, 5.74) is 1.17. The molecular weight excluding hydrogens is 480 g/mol. The highest BCUT2D eigenvalue weighted by Gasteiger charge is 2.39. The Balaban J connectivity index is 0.00000300. The van der Waals surface area contributed by atoms with Crippen molar-refractivity contribution >= 4 is 29.9 Å². The number of piperidine rings is 2. The molecule has 2 saturated heterocycles. The fourth-order valence-corrected chi connectivity index (χ4v) is 4.62. The molecule has 1 N–H and O–H groups in total. The van der Waals surface area contributed by atoms with Gasteiger partial charge in [0, 0.05) is 32.7 Å². The smallest absolute Gasteiger partial charge is 0.193 e. The van der Waals surface area contributed by atoms with Gasteiger partial charge >= 0.3 is 0 Å². The number of guanidine groups is 1. The van der Waals surface area contributed by atoms with E-state index in [0.29, 0.717) is 6.54 Å². The molecule has 1 aromatic rings. The summed E-state index contributed by atoms with van der Waals surface area (Å²) < 4.78 is 13.5. The minimum atomic E-state index is -0.191. The Morgan fingerprint density at radius 3 is 2.48 bits per heavy atom. The predicted molar refractivity (Wildman–Crippen MR) is 130 cm³/mol. The molecule has 0 unspecified atom stereocenters. The van der Waals surface area contributed by atoms with Crippen molar-refractivity contribution in [1.82, 2.24) is 20.0 Å². The van der Waals surface area contributed by atoms with Gasteiger partial charge < -0.3 is 15.1 Å². The Morgan fingerprint density at radius 2 is 1.86 bits per heavy atom. The van der Waals surface area contributed by atoms with Crippen LogP contribution in [0.15, 0.2) is 29.3 Å². The fourth-order valence-electron chi connectivity index (χ4n) is 4.62. The van der Waals surface area contributed by atoms with Crippen LogP contribution < -0.4 is 5.32 Å². The predicted octanol–water partition coefficient (Wildman–Crippen LogP) is 3.40. The van der Waals surface area contributed by atoms with Crippen LogP contribution in [0, 0.1) is 5.82 Å². The van der Waals surface area contributed by atoms with E-state index in [4.69, 9.17) is 0 Å². The van der Waals surface area contributed by atoms with Gasteiger partial charge in [-0.25, -0.2) is 4.39 Å². The zero-order valence-electron chi connectivity index (χ0n) is 18.2. The standard InChI is InChI=1S/C22H36FN5.HI/c1-24-21(27(3)17-19-8-7-9-20(23)16-19)25-18-22(10-14-26(2)15-11-22)28-12-5-4-6-13-28;/h7-9,16H,4-6,10-15,17-18H2,1-3H3,(H,24,25);1H. The molecule has 3 rings (SSSR count). The fraction of sp³-hybridized carbons (Fsp3) is 0.682. The summed E-state index contributed by atoms with van der Waals surface area (Å²) >= 11 is 0. The van der Waals surface area contributed by atoms with E-state index in [1.54, 1.807) is 12.1 Å². The SMILES string of the molecule is CN=C(NCC1(N2CCCCC2)CCN(C)CC1)N(C)Cc1cccc(F)c1.I. The lowest BCUT2D eigenvalue weighted by Crippen LogP contribution is -2.62. The lowest BCUT2D eigenvalue weighted by Gasteiger charge is -2.50. The second-order valence-electron chi connectivity index (χ2n) is 8.46. The van der Waals surface area contributed by atoms with Gasteiger partial charge in [-0.3, -0.25) is 9.89 Å². The molecule has 2 fully saturated rings. The average molecular weight is 517 g/mol. The maximum Gasteiger partial charge on any atom is 0.193 e. The lowest BCUT2D eigenvalue weighted by molar-refractivity contribution is 0.0170. The van der Waals surface area contributed by atoms with Crippen LogP contribution in [0.3, 0.4) is 0 Å². The van der Waals surface area contributed by atoms with Crippen molar-refractivity contribution in [2.24, 2.45) is 4.99 Å². The van der Waals surface area contributed by atoms with E-state index in [-0.39, 0.29) is 35.3 Å². The van der Waals surface area contributed by atoms with E-state index in [2.05, 4.69) is 32.1 Å². The number of nitrogens with one attached hydrogen (secondary N) is 1. The van der Waals surface area contributed by atoms with E-state index < -0.39 is 0 Å². The van der Waals surface area contributed by atoms with Crippen molar-refractivity contribution in [2.45, 2.75) is 44.2 Å². The molecule has 29 heavy (non-hydrogen) atoms. The van der Waals surface area contributed by atoms with Crippen molar-refractivity contribution in [2.75, 3.05) is 53.9 Å². The number of hydrogen-bond acceptors (Lipinski definition) is 3. The maximum atomic E-state index is 13.5. The summed E-state index contributed by atoms with van der Waals surface area (Å²) in [4.78, 5) is 11.7. The van der Waals surface area contributed by atoms with Crippen LogP contribution in [0.4, 0.5) is 4.39 Å². The first kappa shape index (κ1) is 24.3.